The lowest BCUT2D eigenvalue weighted by molar-refractivity contribution is 0.0600. The fourth-order valence-corrected chi connectivity index (χ4v) is 5.02. The Morgan fingerprint density at radius 1 is 1.00 bits per heavy atom. The summed E-state index contributed by atoms with van der Waals surface area (Å²) in [6, 6.07) is 13.4. The van der Waals surface area contributed by atoms with Crippen LogP contribution in [0.5, 0.6) is 0 Å². The molecule has 1 N–H and O–H groups in total. The number of sulfonamides is 1. The largest absolute Gasteiger partial charge is 0.465 e. The molecule has 2 heterocycles. The van der Waals surface area contributed by atoms with E-state index in [0.717, 1.165) is 5.69 Å². The van der Waals surface area contributed by atoms with Gasteiger partial charge in [-0.3, -0.25) is 0 Å². The molecule has 0 atom stereocenters. The average Bonchev–Trinajstić information content (AvgIpc) is 2.85. The van der Waals surface area contributed by atoms with Crippen LogP contribution < -0.4 is 10.2 Å². The number of hydrogen-bond donors (Lipinski definition) is 1. The van der Waals surface area contributed by atoms with E-state index in [4.69, 9.17) is 0 Å². The molecule has 1 aliphatic heterocycles. The second-order valence-corrected chi connectivity index (χ2v) is 9.67. The monoisotopic (exact) mass is 485 g/mol. The smallest absolute Gasteiger partial charge is 0.337 e. The maximum Gasteiger partial charge on any atom is 0.337 e. The molecule has 0 radical (unpaired) electrons. The number of methoxy groups -OCH3 is 1. The second kappa shape index (κ2) is 9.74. The third kappa shape index (κ3) is 5.15. The number of nitrogens with one attached hydrogen (secondary N) is 1. The normalized spacial score (nSPS) is 14.6. The lowest BCUT2D eigenvalue weighted by Gasteiger charge is -2.34. The number of carbonyl (C=O) groups excluding carboxylic acids is 1. The molecule has 34 heavy (non-hydrogen) atoms. The maximum atomic E-state index is 13.2. The molecule has 1 aliphatic rings. The highest BCUT2D eigenvalue weighted by atomic mass is 32.2. The van der Waals surface area contributed by atoms with E-state index in [1.54, 1.807) is 18.2 Å². The Bertz CT molecular complexity index is 1280. The lowest BCUT2D eigenvalue weighted by atomic mass is 10.2. The molecule has 1 saturated heterocycles. The summed E-state index contributed by atoms with van der Waals surface area (Å²) in [7, 11) is -2.44. The molecule has 0 aliphatic carbocycles. The number of halogens is 1. The van der Waals surface area contributed by atoms with E-state index in [9.17, 15) is 17.6 Å². The van der Waals surface area contributed by atoms with Gasteiger partial charge in [-0.15, -0.1) is 0 Å². The van der Waals surface area contributed by atoms with E-state index < -0.39 is 16.0 Å². The number of benzene rings is 2. The van der Waals surface area contributed by atoms with Crippen molar-refractivity contribution in [3.63, 3.8) is 0 Å². The van der Waals surface area contributed by atoms with Crippen LogP contribution in [0.1, 0.15) is 16.1 Å². The van der Waals surface area contributed by atoms with Crippen LogP contribution in [0.2, 0.25) is 0 Å². The number of aryl methyl sites for hydroxylation is 1. The average molecular weight is 486 g/mol. The Labute approximate surface area is 197 Å². The molecule has 9 nitrogen and oxygen atoms in total. The number of hydrogen-bond acceptors (Lipinski definition) is 8. The Morgan fingerprint density at radius 3 is 2.26 bits per heavy atom. The van der Waals surface area contributed by atoms with Gasteiger partial charge in [0.2, 0.25) is 16.0 Å². The molecule has 1 fully saturated rings. The van der Waals surface area contributed by atoms with Crippen molar-refractivity contribution in [3.8, 4) is 0 Å². The molecule has 0 bridgehead atoms. The topological polar surface area (TPSA) is 105 Å². The van der Waals surface area contributed by atoms with Gasteiger partial charge in [0.15, 0.2) is 0 Å². The van der Waals surface area contributed by atoms with Crippen LogP contribution >= 0.6 is 0 Å². The van der Waals surface area contributed by atoms with Crippen LogP contribution in [-0.2, 0) is 14.8 Å². The molecule has 11 heteroatoms. The highest BCUT2D eigenvalue weighted by molar-refractivity contribution is 7.89. The van der Waals surface area contributed by atoms with Crippen molar-refractivity contribution >= 4 is 33.4 Å². The van der Waals surface area contributed by atoms with Gasteiger partial charge in [-0.25, -0.2) is 22.6 Å². The standard InChI is InChI=1S/C23H24FN5O4S/c1-16-15-21(26-19-7-5-18(24)6-8-19)27-23(25-16)28-11-13-29(14-12-28)34(31,32)20-9-3-17(4-10-20)22(30)33-2/h3-10,15H,11-14H2,1-2H3,(H,25,26,27). The Morgan fingerprint density at radius 2 is 1.65 bits per heavy atom. The first-order chi connectivity index (χ1) is 16.3. The van der Waals surface area contributed by atoms with Crippen molar-refractivity contribution in [1.29, 1.82) is 0 Å². The first-order valence-corrected chi connectivity index (χ1v) is 12.0. The summed E-state index contributed by atoms with van der Waals surface area (Å²) >= 11 is 0. The number of aromatic nitrogens is 2. The van der Waals surface area contributed by atoms with Crippen LogP contribution in [0.25, 0.3) is 0 Å². The van der Waals surface area contributed by atoms with E-state index in [1.807, 2.05) is 11.8 Å². The van der Waals surface area contributed by atoms with Crippen molar-refractivity contribution in [3.05, 3.63) is 71.7 Å². The Balaban J connectivity index is 1.44. The van der Waals surface area contributed by atoms with Crippen molar-refractivity contribution in [2.45, 2.75) is 11.8 Å². The first-order valence-electron chi connectivity index (χ1n) is 10.6. The minimum atomic E-state index is -3.71. The molecular formula is C23H24FN5O4S. The molecule has 0 amide bonds. The van der Waals surface area contributed by atoms with Gasteiger partial charge in [-0.05, 0) is 55.5 Å². The fourth-order valence-electron chi connectivity index (χ4n) is 3.60. The zero-order valence-corrected chi connectivity index (χ0v) is 19.5. The SMILES string of the molecule is COC(=O)c1ccc(S(=O)(=O)N2CCN(c3nc(C)cc(Nc4ccc(F)cc4)n3)CC2)cc1. The number of piperazine rings is 1. The van der Waals surface area contributed by atoms with Gasteiger partial charge in [0.1, 0.15) is 11.6 Å². The number of rotatable bonds is 6. The van der Waals surface area contributed by atoms with Crippen molar-refractivity contribution in [2.75, 3.05) is 43.5 Å². The molecular weight excluding hydrogens is 461 g/mol. The first kappa shape index (κ1) is 23.6. The molecule has 4 rings (SSSR count). The number of anilines is 3. The molecule has 0 unspecified atom stereocenters. The van der Waals surface area contributed by atoms with E-state index in [2.05, 4.69) is 20.0 Å². The number of esters is 1. The van der Waals surface area contributed by atoms with Gasteiger partial charge in [-0.2, -0.15) is 9.29 Å². The second-order valence-electron chi connectivity index (χ2n) is 7.73. The fraction of sp³-hybridized carbons (Fsp3) is 0.261. The van der Waals surface area contributed by atoms with E-state index in [0.29, 0.717) is 30.5 Å². The van der Waals surface area contributed by atoms with Crippen LogP contribution in [-0.4, -0.2) is 61.9 Å². The van der Waals surface area contributed by atoms with E-state index in [1.165, 1.54) is 47.8 Å². The van der Waals surface area contributed by atoms with Crippen LogP contribution in [0, 0.1) is 12.7 Å². The summed E-state index contributed by atoms with van der Waals surface area (Å²) in [4.78, 5) is 22.7. The molecule has 1 aromatic heterocycles. The number of nitrogens with zero attached hydrogens (tertiary/aromatic N) is 4. The van der Waals surface area contributed by atoms with Gasteiger partial charge >= 0.3 is 5.97 Å². The van der Waals surface area contributed by atoms with Crippen LogP contribution in [0.3, 0.4) is 0 Å². The number of ether oxygens (including phenoxy) is 1. The summed E-state index contributed by atoms with van der Waals surface area (Å²) in [6.07, 6.45) is 0. The highest BCUT2D eigenvalue weighted by Gasteiger charge is 2.29. The highest BCUT2D eigenvalue weighted by Crippen LogP contribution is 2.22. The van der Waals surface area contributed by atoms with Crippen LogP contribution in [0.15, 0.2) is 59.5 Å². The summed E-state index contributed by atoms with van der Waals surface area (Å²) in [5, 5.41) is 3.14. The van der Waals surface area contributed by atoms with E-state index >= 15 is 0 Å². The lowest BCUT2D eigenvalue weighted by Crippen LogP contribution is -2.49. The molecule has 2 aromatic carbocycles. The number of carbonyl (C=O) groups is 1. The minimum absolute atomic E-state index is 0.117. The maximum absolute atomic E-state index is 13.2. The third-order valence-corrected chi connectivity index (χ3v) is 7.31. The quantitative estimate of drug-likeness (QED) is 0.532. The molecule has 3 aromatic rings. The summed E-state index contributed by atoms with van der Waals surface area (Å²) in [5.41, 5.74) is 1.72. The van der Waals surface area contributed by atoms with Gasteiger partial charge < -0.3 is 15.0 Å². The predicted molar refractivity (Wildman–Crippen MR) is 125 cm³/mol. The zero-order chi connectivity index (χ0) is 24.3. The van der Waals surface area contributed by atoms with Crippen LogP contribution in [0.4, 0.5) is 21.8 Å². The predicted octanol–water partition coefficient (Wildman–Crippen LogP) is 2.97. The van der Waals surface area contributed by atoms with Gasteiger partial charge in [0.25, 0.3) is 0 Å². The van der Waals surface area contributed by atoms with Crippen molar-refractivity contribution in [2.24, 2.45) is 0 Å². The van der Waals surface area contributed by atoms with E-state index in [-0.39, 0.29) is 29.4 Å². The van der Waals surface area contributed by atoms with Crippen molar-refractivity contribution in [1.82, 2.24) is 14.3 Å². The summed E-state index contributed by atoms with van der Waals surface area (Å²) in [5.74, 6) is 0.209. The zero-order valence-electron chi connectivity index (χ0n) is 18.7. The third-order valence-electron chi connectivity index (χ3n) is 5.39. The Kier molecular flexibility index (Phi) is 6.75. The van der Waals surface area contributed by atoms with Gasteiger partial charge in [-0.1, -0.05) is 0 Å². The van der Waals surface area contributed by atoms with Gasteiger partial charge in [0.05, 0.1) is 17.6 Å². The van der Waals surface area contributed by atoms with Gasteiger partial charge in [0, 0.05) is 43.6 Å². The van der Waals surface area contributed by atoms with Crippen molar-refractivity contribution < 1.29 is 22.3 Å². The Hall–Kier alpha value is -3.57. The molecule has 0 spiro atoms. The summed E-state index contributed by atoms with van der Waals surface area (Å²) in [6.45, 7) is 3.20. The molecule has 178 valence electrons. The molecule has 0 saturated carbocycles. The summed E-state index contributed by atoms with van der Waals surface area (Å²) < 4.78 is 45.3. The minimum Gasteiger partial charge on any atom is -0.465 e.